The minimum atomic E-state index is -0.0730. The van der Waals surface area contributed by atoms with Gasteiger partial charge in [-0.2, -0.15) is 0 Å². The van der Waals surface area contributed by atoms with E-state index < -0.39 is 0 Å². The maximum Gasteiger partial charge on any atom is 0.255 e. The molecule has 2 rings (SSSR count). The molecule has 2 heterocycles. The molecule has 0 aromatic carbocycles. The van der Waals surface area contributed by atoms with E-state index in [9.17, 15) is 4.79 Å². The molecule has 0 aliphatic carbocycles. The highest BCUT2D eigenvalue weighted by atomic mass is 16.1. The average Bonchev–Trinajstić information content (AvgIpc) is 2.36. The summed E-state index contributed by atoms with van der Waals surface area (Å²) in [6.07, 6.45) is 3.55. The highest BCUT2D eigenvalue weighted by Crippen LogP contribution is 2.11. The van der Waals surface area contributed by atoms with Crippen LogP contribution >= 0.6 is 0 Å². The number of nitrogens with zero attached hydrogens (tertiary/aromatic N) is 2. The third kappa shape index (κ3) is 3.26. The molecule has 0 saturated carbocycles. The Morgan fingerprint density at radius 1 is 1.42 bits per heavy atom. The molecule has 100 valence electrons. The van der Waals surface area contributed by atoms with Crippen molar-refractivity contribution in [3.05, 3.63) is 57.5 Å². The minimum Gasteiger partial charge on any atom is -0.310 e. The summed E-state index contributed by atoms with van der Waals surface area (Å²) >= 11 is 0. The molecule has 0 amide bonds. The van der Waals surface area contributed by atoms with E-state index in [1.807, 2.05) is 32.2 Å². The van der Waals surface area contributed by atoms with Gasteiger partial charge in [-0.05, 0) is 32.4 Å². The van der Waals surface area contributed by atoms with Crippen LogP contribution in [0.25, 0.3) is 0 Å². The standard InChI is InChI=1S/C14H18N4O/c1-9(16-8-12-5-4-6-15-7-12)13-10(2)17-11(3)18-14(13)19/h4-7,9,16H,8H2,1-3H3,(H,17,18,19). The molecule has 5 heteroatoms. The number of hydrogen-bond donors (Lipinski definition) is 2. The van der Waals surface area contributed by atoms with Gasteiger partial charge in [0.1, 0.15) is 5.82 Å². The van der Waals surface area contributed by atoms with Crippen LogP contribution in [-0.2, 0) is 6.54 Å². The third-order valence-electron chi connectivity index (χ3n) is 3.03. The fourth-order valence-electron chi connectivity index (χ4n) is 2.12. The van der Waals surface area contributed by atoms with E-state index in [1.54, 1.807) is 13.1 Å². The Morgan fingerprint density at radius 2 is 2.21 bits per heavy atom. The van der Waals surface area contributed by atoms with Gasteiger partial charge in [-0.3, -0.25) is 9.78 Å². The van der Waals surface area contributed by atoms with Crippen molar-refractivity contribution in [2.24, 2.45) is 0 Å². The van der Waals surface area contributed by atoms with Crippen molar-refractivity contribution in [1.29, 1.82) is 0 Å². The second-order valence-corrected chi connectivity index (χ2v) is 4.61. The van der Waals surface area contributed by atoms with Crippen LogP contribution in [0.2, 0.25) is 0 Å². The molecule has 1 unspecified atom stereocenters. The summed E-state index contributed by atoms with van der Waals surface area (Å²) in [6, 6.07) is 3.83. The lowest BCUT2D eigenvalue weighted by molar-refractivity contribution is 0.561. The maximum absolute atomic E-state index is 12.0. The zero-order valence-electron chi connectivity index (χ0n) is 11.4. The molecule has 0 aliphatic heterocycles. The molecule has 0 bridgehead atoms. The van der Waals surface area contributed by atoms with Gasteiger partial charge < -0.3 is 10.3 Å². The normalized spacial score (nSPS) is 12.4. The summed E-state index contributed by atoms with van der Waals surface area (Å²) in [5.41, 5.74) is 2.47. The van der Waals surface area contributed by atoms with Crippen molar-refractivity contribution < 1.29 is 0 Å². The number of aromatic amines is 1. The van der Waals surface area contributed by atoms with Gasteiger partial charge in [-0.15, -0.1) is 0 Å². The predicted octanol–water partition coefficient (Wildman–Crippen LogP) is 1.63. The van der Waals surface area contributed by atoms with E-state index in [4.69, 9.17) is 0 Å². The Morgan fingerprint density at radius 3 is 2.84 bits per heavy atom. The largest absolute Gasteiger partial charge is 0.310 e. The highest BCUT2D eigenvalue weighted by molar-refractivity contribution is 5.20. The minimum absolute atomic E-state index is 0.0583. The maximum atomic E-state index is 12.0. The monoisotopic (exact) mass is 258 g/mol. The first kappa shape index (κ1) is 13.4. The summed E-state index contributed by atoms with van der Waals surface area (Å²) in [5, 5.41) is 3.32. The zero-order valence-corrected chi connectivity index (χ0v) is 11.4. The topological polar surface area (TPSA) is 70.7 Å². The predicted molar refractivity (Wildman–Crippen MR) is 73.8 cm³/mol. The van der Waals surface area contributed by atoms with Crippen LogP contribution in [0.3, 0.4) is 0 Å². The van der Waals surface area contributed by atoms with Crippen molar-refractivity contribution in [3.63, 3.8) is 0 Å². The van der Waals surface area contributed by atoms with Gasteiger partial charge >= 0.3 is 0 Å². The molecule has 19 heavy (non-hydrogen) atoms. The quantitative estimate of drug-likeness (QED) is 0.874. The Kier molecular flexibility index (Phi) is 4.06. The lowest BCUT2D eigenvalue weighted by Gasteiger charge is -2.15. The Labute approximate surface area is 112 Å². The van der Waals surface area contributed by atoms with Crippen molar-refractivity contribution in [3.8, 4) is 0 Å². The average molecular weight is 258 g/mol. The number of hydrogen-bond acceptors (Lipinski definition) is 4. The molecular formula is C14H18N4O. The van der Waals surface area contributed by atoms with Crippen LogP contribution in [0.5, 0.6) is 0 Å². The summed E-state index contributed by atoms with van der Waals surface area (Å²) in [5.74, 6) is 0.644. The molecule has 0 fully saturated rings. The first-order valence-corrected chi connectivity index (χ1v) is 6.27. The Balaban J connectivity index is 2.13. The lowest BCUT2D eigenvalue weighted by atomic mass is 10.1. The van der Waals surface area contributed by atoms with Crippen molar-refractivity contribution in [1.82, 2.24) is 20.3 Å². The van der Waals surface area contributed by atoms with Crippen molar-refractivity contribution in [2.75, 3.05) is 0 Å². The summed E-state index contributed by atoms with van der Waals surface area (Å²) < 4.78 is 0. The summed E-state index contributed by atoms with van der Waals surface area (Å²) in [6.45, 7) is 6.28. The fraction of sp³-hybridized carbons (Fsp3) is 0.357. The second kappa shape index (κ2) is 5.75. The fourth-order valence-corrected chi connectivity index (χ4v) is 2.12. The Hall–Kier alpha value is -2.01. The van der Waals surface area contributed by atoms with Crippen LogP contribution in [0, 0.1) is 13.8 Å². The van der Waals surface area contributed by atoms with Crippen LogP contribution in [0.1, 0.15) is 35.6 Å². The van der Waals surface area contributed by atoms with Gasteiger partial charge in [0.05, 0.1) is 5.56 Å². The number of aryl methyl sites for hydroxylation is 2. The van der Waals surface area contributed by atoms with E-state index in [0.29, 0.717) is 17.9 Å². The first-order valence-electron chi connectivity index (χ1n) is 6.27. The molecular weight excluding hydrogens is 240 g/mol. The van der Waals surface area contributed by atoms with Gasteiger partial charge in [0.2, 0.25) is 0 Å². The van der Waals surface area contributed by atoms with E-state index in [1.165, 1.54) is 0 Å². The van der Waals surface area contributed by atoms with E-state index in [2.05, 4.69) is 20.3 Å². The van der Waals surface area contributed by atoms with Crippen LogP contribution in [-0.4, -0.2) is 15.0 Å². The van der Waals surface area contributed by atoms with Gasteiger partial charge in [0.15, 0.2) is 0 Å². The Bertz CT molecular complexity index is 607. The van der Waals surface area contributed by atoms with Crippen LogP contribution < -0.4 is 10.9 Å². The number of rotatable bonds is 4. The third-order valence-corrected chi connectivity index (χ3v) is 3.03. The molecule has 0 radical (unpaired) electrons. The summed E-state index contributed by atoms with van der Waals surface area (Å²) in [7, 11) is 0. The van der Waals surface area contributed by atoms with E-state index in [-0.39, 0.29) is 11.6 Å². The molecule has 5 nitrogen and oxygen atoms in total. The number of H-pyrrole nitrogens is 1. The van der Waals surface area contributed by atoms with Crippen LogP contribution in [0.4, 0.5) is 0 Å². The molecule has 0 spiro atoms. The molecule has 0 aliphatic rings. The molecule has 1 atom stereocenters. The smallest absolute Gasteiger partial charge is 0.255 e. The number of aromatic nitrogens is 3. The van der Waals surface area contributed by atoms with Crippen LogP contribution in [0.15, 0.2) is 29.3 Å². The first-order chi connectivity index (χ1) is 9.08. The number of nitrogens with one attached hydrogen (secondary N) is 2. The van der Waals surface area contributed by atoms with E-state index >= 15 is 0 Å². The molecule has 0 saturated heterocycles. The molecule has 2 aromatic rings. The molecule has 2 N–H and O–H groups in total. The zero-order chi connectivity index (χ0) is 13.8. The van der Waals surface area contributed by atoms with E-state index in [0.717, 1.165) is 11.3 Å². The SMILES string of the molecule is Cc1nc(C)c(C(C)NCc2cccnc2)c(=O)[nH]1. The highest BCUT2D eigenvalue weighted by Gasteiger charge is 2.13. The van der Waals surface area contributed by atoms with Gasteiger partial charge in [0, 0.05) is 30.7 Å². The van der Waals surface area contributed by atoms with Crippen molar-refractivity contribution in [2.45, 2.75) is 33.4 Å². The van der Waals surface area contributed by atoms with Gasteiger partial charge in [-0.1, -0.05) is 6.07 Å². The molecule has 2 aromatic heterocycles. The number of pyridine rings is 1. The van der Waals surface area contributed by atoms with Gasteiger partial charge in [-0.25, -0.2) is 4.98 Å². The second-order valence-electron chi connectivity index (χ2n) is 4.61. The lowest BCUT2D eigenvalue weighted by Crippen LogP contribution is -2.27. The summed E-state index contributed by atoms with van der Waals surface area (Å²) in [4.78, 5) is 23.1. The van der Waals surface area contributed by atoms with Gasteiger partial charge in [0.25, 0.3) is 5.56 Å². The van der Waals surface area contributed by atoms with Crippen molar-refractivity contribution >= 4 is 0 Å².